The van der Waals surface area contributed by atoms with Crippen LogP contribution in [-0.4, -0.2) is 39.6 Å². The fourth-order valence-electron chi connectivity index (χ4n) is 3.35. The van der Waals surface area contributed by atoms with Gasteiger partial charge >= 0.3 is 0 Å². The van der Waals surface area contributed by atoms with Crippen LogP contribution in [0.1, 0.15) is 36.9 Å². The van der Waals surface area contributed by atoms with Gasteiger partial charge in [-0.25, -0.2) is 13.1 Å². The van der Waals surface area contributed by atoms with Crippen LogP contribution in [0.3, 0.4) is 0 Å². The van der Waals surface area contributed by atoms with Crippen molar-refractivity contribution in [1.82, 2.24) is 9.62 Å². The van der Waals surface area contributed by atoms with Crippen LogP contribution in [-0.2, 0) is 10.0 Å². The van der Waals surface area contributed by atoms with E-state index in [0.29, 0.717) is 13.2 Å². The molecule has 1 aromatic carbocycles. The van der Waals surface area contributed by atoms with Crippen LogP contribution in [0, 0.1) is 6.92 Å². The van der Waals surface area contributed by atoms with Gasteiger partial charge in [-0.1, -0.05) is 0 Å². The molecule has 142 valence electrons. The molecule has 0 amide bonds. The van der Waals surface area contributed by atoms with Gasteiger partial charge < -0.3 is 4.74 Å². The number of aryl methyl sites for hydroxylation is 1. The third-order valence-corrected chi connectivity index (χ3v) is 6.86. The van der Waals surface area contributed by atoms with E-state index >= 15 is 0 Å². The van der Waals surface area contributed by atoms with E-state index in [0.717, 1.165) is 24.4 Å². The summed E-state index contributed by atoms with van der Waals surface area (Å²) in [4.78, 5) is 2.65. The molecular weight excluding hydrogens is 368 g/mol. The number of rotatable bonds is 8. The summed E-state index contributed by atoms with van der Waals surface area (Å²) < 4.78 is 33.9. The minimum absolute atomic E-state index is 0.0855. The highest BCUT2D eigenvalue weighted by Crippen LogP contribution is 2.27. The smallest absolute Gasteiger partial charge is 0.240 e. The van der Waals surface area contributed by atoms with Gasteiger partial charge in [0.15, 0.2) is 0 Å². The van der Waals surface area contributed by atoms with Crippen molar-refractivity contribution in [1.29, 1.82) is 0 Å². The van der Waals surface area contributed by atoms with Gasteiger partial charge in [-0.15, -0.1) is 0 Å². The maximum Gasteiger partial charge on any atom is 0.240 e. The van der Waals surface area contributed by atoms with Crippen LogP contribution in [0.5, 0.6) is 5.75 Å². The Bertz CT molecular complexity index is 813. The summed E-state index contributed by atoms with van der Waals surface area (Å²) in [7, 11) is -3.56. The van der Waals surface area contributed by atoms with Crippen LogP contribution in [0.4, 0.5) is 0 Å². The van der Waals surface area contributed by atoms with Gasteiger partial charge in [0.1, 0.15) is 5.75 Å². The van der Waals surface area contributed by atoms with E-state index in [4.69, 9.17) is 4.74 Å². The van der Waals surface area contributed by atoms with Crippen molar-refractivity contribution in [3.05, 3.63) is 46.2 Å². The minimum atomic E-state index is -3.56. The average molecular weight is 395 g/mol. The van der Waals surface area contributed by atoms with Crippen molar-refractivity contribution < 1.29 is 13.2 Å². The zero-order valence-corrected chi connectivity index (χ0v) is 16.9. The monoisotopic (exact) mass is 394 g/mol. The zero-order valence-electron chi connectivity index (χ0n) is 15.3. The Kier molecular flexibility index (Phi) is 6.34. The second kappa shape index (κ2) is 8.52. The third kappa shape index (κ3) is 4.46. The van der Waals surface area contributed by atoms with E-state index < -0.39 is 10.0 Å². The fraction of sp³-hybridized carbons (Fsp3) is 0.474. The Hall–Kier alpha value is -1.41. The number of nitrogens with one attached hydrogen (secondary N) is 1. The summed E-state index contributed by atoms with van der Waals surface area (Å²) in [5.74, 6) is 0.722. The molecule has 5 nitrogen and oxygen atoms in total. The van der Waals surface area contributed by atoms with E-state index in [1.165, 1.54) is 18.4 Å². The summed E-state index contributed by atoms with van der Waals surface area (Å²) in [5, 5.41) is 4.15. The van der Waals surface area contributed by atoms with Gasteiger partial charge in [-0.3, -0.25) is 4.90 Å². The first-order valence-electron chi connectivity index (χ1n) is 9.00. The van der Waals surface area contributed by atoms with E-state index in [1.54, 1.807) is 29.5 Å². The van der Waals surface area contributed by atoms with Crippen LogP contribution in [0.25, 0.3) is 0 Å². The summed E-state index contributed by atoms with van der Waals surface area (Å²) in [6.45, 7) is 6.75. The molecule has 0 aliphatic carbocycles. The van der Waals surface area contributed by atoms with Crippen molar-refractivity contribution in [2.45, 2.75) is 37.6 Å². The number of nitrogens with zero attached hydrogens (tertiary/aromatic N) is 1. The number of ether oxygens (including phenoxy) is 1. The lowest BCUT2D eigenvalue weighted by Crippen LogP contribution is -2.36. The normalized spacial score (nSPS) is 16.7. The predicted octanol–water partition coefficient (Wildman–Crippen LogP) is 3.57. The summed E-state index contributed by atoms with van der Waals surface area (Å²) in [5.41, 5.74) is 2.01. The molecule has 1 unspecified atom stereocenters. The highest BCUT2D eigenvalue weighted by Gasteiger charge is 2.26. The van der Waals surface area contributed by atoms with Crippen molar-refractivity contribution in [3.8, 4) is 5.75 Å². The molecule has 0 saturated carbocycles. The van der Waals surface area contributed by atoms with Crippen LogP contribution in [0.2, 0.25) is 0 Å². The van der Waals surface area contributed by atoms with Crippen molar-refractivity contribution in [3.63, 3.8) is 0 Å². The number of benzene rings is 1. The number of thiophene rings is 1. The van der Waals surface area contributed by atoms with E-state index in [2.05, 4.69) is 21.1 Å². The molecule has 1 aliphatic heterocycles. The highest BCUT2D eigenvalue weighted by atomic mass is 32.2. The van der Waals surface area contributed by atoms with Crippen LogP contribution < -0.4 is 9.46 Å². The first-order valence-corrected chi connectivity index (χ1v) is 11.4. The maximum absolute atomic E-state index is 12.8. The first-order chi connectivity index (χ1) is 12.5. The van der Waals surface area contributed by atoms with E-state index in [9.17, 15) is 8.42 Å². The Balaban J connectivity index is 1.74. The first kappa shape index (κ1) is 19.4. The average Bonchev–Trinajstić information content (AvgIpc) is 3.31. The Morgan fingerprint density at radius 3 is 2.65 bits per heavy atom. The van der Waals surface area contributed by atoms with Gasteiger partial charge in [0.25, 0.3) is 0 Å². The van der Waals surface area contributed by atoms with Crippen molar-refractivity contribution in [2.75, 3.05) is 26.2 Å². The van der Waals surface area contributed by atoms with Gasteiger partial charge in [0.2, 0.25) is 10.0 Å². The van der Waals surface area contributed by atoms with Gasteiger partial charge in [0.05, 0.1) is 11.5 Å². The van der Waals surface area contributed by atoms with Gasteiger partial charge in [0, 0.05) is 12.6 Å². The molecular formula is C19H26N2O3S2. The molecule has 1 aliphatic rings. The topological polar surface area (TPSA) is 58.6 Å². The maximum atomic E-state index is 12.8. The van der Waals surface area contributed by atoms with Crippen molar-refractivity contribution in [2.24, 2.45) is 0 Å². The summed E-state index contributed by atoms with van der Waals surface area (Å²) in [6, 6.07) is 7.17. The second-order valence-electron chi connectivity index (χ2n) is 6.53. The summed E-state index contributed by atoms with van der Waals surface area (Å²) >= 11 is 1.65. The molecule has 2 aromatic rings. The quantitative estimate of drug-likeness (QED) is 0.744. The van der Waals surface area contributed by atoms with Gasteiger partial charge in [-0.05, 0) is 85.9 Å². The molecule has 0 bridgehead atoms. The summed E-state index contributed by atoms with van der Waals surface area (Å²) in [6.07, 6.45) is 2.34. The molecule has 2 heterocycles. The molecule has 1 aromatic heterocycles. The van der Waals surface area contributed by atoms with E-state index in [-0.39, 0.29) is 10.9 Å². The van der Waals surface area contributed by atoms with Crippen LogP contribution >= 0.6 is 11.3 Å². The number of hydrogen-bond acceptors (Lipinski definition) is 5. The van der Waals surface area contributed by atoms with E-state index in [1.807, 2.05) is 19.2 Å². The Labute approximate surface area is 160 Å². The number of sulfonamides is 1. The lowest BCUT2D eigenvalue weighted by Gasteiger charge is -2.27. The minimum Gasteiger partial charge on any atom is -0.494 e. The molecule has 3 rings (SSSR count). The molecule has 1 fully saturated rings. The molecule has 0 spiro atoms. The predicted molar refractivity (Wildman–Crippen MR) is 105 cm³/mol. The molecule has 1 saturated heterocycles. The molecule has 26 heavy (non-hydrogen) atoms. The zero-order chi connectivity index (χ0) is 18.6. The lowest BCUT2D eigenvalue weighted by atomic mass is 10.1. The Morgan fingerprint density at radius 2 is 2.04 bits per heavy atom. The lowest BCUT2D eigenvalue weighted by molar-refractivity contribution is 0.247. The number of likely N-dealkylation sites (tertiary alicyclic amines) is 1. The SMILES string of the molecule is CCOc1ccc(S(=O)(=O)NCC(c2ccsc2)N2CCCC2)cc1C. The fourth-order valence-corrected chi connectivity index (χ4v) is 5.18. The third-order valence-electron chi connectivity index (χ3n) is 4.73. The van der Waals surface area contributed by atoms with Crippen LogP contribution in [0.15, 0.2) is 39.9 Å². The van der Waals surface area contributed by atoms with Crippen molar-refractivity contribution >= 4 is 21.4 Å². The second-order valence-corrected chi connectivity index (χ2v) is 9.07. The van der Waals surface area contributed by atoms with Gasteiger partial charge in [-0.2, -0.15) is 11.3 Å². The molecule has 1 atom stereocenters. The highest BCUT2D eigenvalue weighted by molar-refractivity contribution is 7.89. The molecule has 0 radical (unpaired) electrons. The largest absolute Gasteiger partial charge is 0.494 e. The Morgan fingerprint density at radius 1 is 1.27 bits per heavy atom. The number of hydrogen-bond donors (Lipinski definition) is 1. The molecule has 7 heteroatoms. The molecule has 1 N–H and O–H groups in total. The standard InChI is InChI=1S/C19H26N2O3S2/c1-3-24-19-7-6-17(12-15(19)2)26(22,23)20-13-18(16-8-11-25-14-16)21-9-4-5-10-21/h6-8,11-12,14,18,20H,3-5,9-10,13H2,1-2H3.